The Bertz CT molecular complexity index is 1020. The normalized spacial score (nSPS) is 11.6. The molecule has 0 aliphatic heterocycles. The third kappa shape index (κ3) is 5.41. The van der Waals surface area contributed by atoms with E-state index < -0.39 is 0 Å². The van der Waals surface area contributed by atoms with Crippen molar-refractivity contribution in [2.24, 2.45) is 0 Å². The molecule has 0 radical (unpaired) electrons. The van der Waals surface area contributed by atoms with Crippen LogP contribution in [0.25, 0.3) is 16.3 Å². The molecule has 1 heterocycles. The Morgan fingerprint density at radius 3 is 2.66 bits per heavy atom. The van der Waals surface area contributed by atoms with E-state index in [4.69, 9.17) is 11.6 Å². The van der Waals surface area contributed by atoms with Gasteiger partial charge < -0.3 is 4.90 Å². The van der Waals surface area contributed by atoms with Gasteiger partial charge in [-0.05, 0) is 49.0 Å². The van der Waals surface area contributed by atoms with E-state index >= 15 is 0 Å². The van der Waals surface area contributed by atoms with Crippen molar-refractivity contribution in [2.75, 3.05) is 31.1 Å². The van der Waals surface area contributed by atoms with Crippen molar-refractivity contribution in [2.45, 2.75) is 13.8 Å². The summed E-state index contributed by atoms with van der Waals surface area (Å²) in [4.78, 5) is 21.5. The van der Waals surface area contributed by atoms with Crippen LogP contribution in [0.3, 0.4) is 0 Å². The zero-order chi connectivity index (χ0) is 20.8. The minimum atomic E-state index is -0.313. The molecule has 0 unspecified atom stereocenters. The molecule has 0 atom stereocenters. The molecule has 1 amide bonds. The van der Waals surface area contributed by atoms with Crippen molar-refractivity contribution >= 4 is 50.3 Å². The number of likely N-dealkylation sites (N-methyl/N-ethyl adjacent to an activating group) is 1. The van der Waals surface area contributed by atoms with Gasteiger partial charge in [0, 0.05) is 24.2 Å². The number of halogens is 2. The fourth-order valence-electron chi connectivity index (χ4n) is 2.94. The number of benzene rings is 2. The molecule has 3 aromatic rings. The standard InChI is InChI=1S/C22H23ClFN3OS/c1-3-26(4-2)13-14-27(21(28)12-9-16-7-5-6-8-18(16)23)22-25-19-11-10-17(24)15-20(19)29-22/h5-12,15H,3-4,13-14H2,1-2H3. The maximum absolute atomic E-state index is 13.6. The Morgan fingerprint density at radius 2 is 1.93 bits per heavy atom. The average molecular weight is 432 g/mol. The summed E-state index contributed by atoms with van der Waals surface area (Å²) in [6.07, 6.45) is 3.22. The van der Waals surface area contributed by atoms with E-state index in [2.05, 4.69) is 23.7 Å². The molecular formula is C22H23ClFN3OS. The summed E-state index contributed by atoms with van der Waals surface area (Å²) in [6.45, 7) is 7.21. The largest absolute Gasteiger partial charge is 0.302 e. The molecule has 0 saturated heterocycles. The lowest BCUT2D eigenvalue weighted by Crippen LogP contribution is -2.38. The van der Waals surface area contributed by atoms with E-state index in [0.717, 1.165) is 29.9 Å². The summed E-state index contributed by atoms with van der Waals surface area (Å²) in [5.74, 6) is -0.496. The van der Waals surface area contributed by atoms with Crippen LogP contribution in [0, 0.1) is 5.82 Å². The highest BCUT2D eigenvalue weighted by Crippen LogP contribution is 2.29. The number of thiazole rings is 1. The Morgan fingerprint density at radius 1 is 1.17 bits per heavy atom. The molecule has 0 saturated carbocycles. The summed E-state index contributed by atoms with van der Waals surface area (Å²) in [5, 5.41) is 1.15. The molecule has 1 aromatic heterocycles. The van der Waals surface area contributed by atoms with Crippen LogP contribution in [-0.4, -0.2) is 42.0 Å². The predicted molar refractivity (Wildman–Crippen MR) is 120 cm³/mol. The Hall–Kier alpha value is -2.28. The van der Waals surface area contributed by atoms with Crippen molar-refractivity contribution in [3.8, 4) is 0 Å². The molecule has 0 fully saturated rings. The SMILES string of the molecule is CCN(CC)CCN(C(=O)C=Cc1ccccc1Cl)c1nc2ccc(F)cc2s1. The van der Waals surface area contributed by atoms with Crippen LogP contribution in [0.15, 0.2) is 48.5 Å². The van der Waals surface area contributed by atoms with E-state index in [0.29, 0.717) is 22.2 Å². The van der Waals surface area contributed by atoms with Gasteiger partial charge >= 0.3 is 0 Å². The van der Waals surface area contributed by atoms with Crippen molar-refractivity contribution in [1.82, 2.24) is 9.88 Å². The monoisotopic (exact) mass is 431 g/mol. The molecule has 0 aliphatic rings. The van der Waals surface area contributed by atoms with Gasteiger partial charge in [0.05, 0.1) is 10.2 Å². The number of hydrogen-bond donors (Lipinski definition) is 0. The number of carbonyl (C=O) groups is 1. The van der Waals surface area contributed by atoms with E-state index in [1.54, 1.807) is 23.1 Å². The van der Waals surface area contributed by atoms with Crippen molar-refractivity contribution < 1.29 is 9.18 Å². The maximum Gasteiger partial charge on any atom is 0.252 e. The molecular weight excluding hydrogens is 409 g/mol. The van der Waals surface area contributed by atoms with Crippen LogP contribution in [0.5, 0.6) is 0 Å². The van der Waals surface area contributed by atoms with Gasteiger partial charge in [-0.15, -0.1) is 0 Å². The number of nitrogens with zero attached hydrogens (tertiary/aromatic N) is 3. The van der Waals surface area contributed by atoms with Gasteiger partial charge in [-0.1, -0.05) is 55.0 Å². The summed E-state index contributed by atoms with van der Waals surface area (Å²) < 4.78 is 14.3. The van der Waals surface area contributed by atoms with Crippen LogP contribution >= 0.6 is 22.9 Å². The van der Waals surface area contributed by atoms with Gasteiger partial charge in [-0.3, -0.25) is 9.69 Å². The minimum absolute atomic E-state index is 0.184. The molecule has 0 spiro atoms. The maximum atomic E-state index is 13.6. The summed E-state index contributed by atoms with van der Waals surface area (Å²) in [5.41, 5.74) is 1.46. The number of amides is 1. The Balaban J connectivity index is 1.88. The Labute approximate surface area is 179 Å². The highest BCUT2D eigenvalue weighted by molar-refractivity contribution is 7.22. The van der Waals surface area contributed by atoms with E-state index in [1.807, 2.05) is 18.2 Å². The topological polar surface area (TPSA) is 36.4 Å². The van der Waals surface area contributed by atoms with Crippen molar-refractivity contribution in [1.29, 1.82) is 0 Å². The molecule has 2 aromatic carbocycles. The quantitative estimate of drug-likeness (QED) is 0.443. The first kappa shape index (κ1) is 21.4. The van der Waals surface area contributed by atoms with Crippen LogP contribution in [-0.2, 0) is 4.79 Å². The number of carbonyl (C=O) groups excluding carboxylic acids is 1. The third-order valence-corrected chi connectivity index (χ3v) is 6.07. The highest BCUT2D eigenvalue weighted by atomic mass is 35.5. The van der Waals surface area contributed by atoms with Crippen LogP contribution in [0.1, 0.15) is 19.4 Å². The molecule has 29 heavy (non-hydrogen) atoms. The molecule has 7 heteroatoms. The van der Waals surface area contributed by atoms with E-state index in [9.17, 15) is 9.18 Å². The van der Waals surface area contributed by atoms with Gasteiger partial charge in [0.25, 0.3) is 5.91 Å². The van der Waals surface area contributed by atoms with E-state index in [-0.39, 0.29) is 11.7 Å². The lowest BCUT2D eigenvalue weighted by Gasteiger charge is -2.23. The number of rotatable bonds is 8. The van der Waals surface area contributed by atoms with Crippen LogP contribution in [0.4, 0.5) is 9.52 Å². The summed E-state index contributed by atoms with van der Waals surface area (Å²) in [7, 11) is 0. The molecule has 152 valence electrons. The minimum Gasteiger partial charge on any atom is -0.302 e. The predicted octanol–water partition coefficient (Wildman–Crippen LogP) is 5.48. The number of anilines is 1. The average Bonchev–Trinajstić information content (AvgIpc) is 3.13. The highest BCUT2D eigenvalue weighted by Gasteiger charge is 2.19. The first-order valence-electron chi connectivity index (χ1n) is 9.54. The summed E-state index contributed by atoms with van der Waals surface area (Å²) >= 11 is 7.50. The van der Waals surface area contributed by atoms with Gasteiger partial charge in [0.2, 0.25) is 0 Å². The van der Waals surface area contributed by atoms with Gasteiger partial charge in [0.1, 0.15) is 5.82 Å². The van der Waals surface area contributed by atoms with Crippen LogP contribution < -0.4 is 4.90 Å². The van der Waals surface area contributed by atoms with E-state index in [1.165, 1.54) is 29.5 Å². The first-order chi connectivity index (χ1) is 14.0. The molecule has 0 bridgehead atoms. The zero-order valence-electron chi connectivity index (χ0n) is 16.4. The molecule has 0 aliphatic carbocycles. The third-order valence-electron chi connectivity index (χ3n) is 4.68. The first-order valence-corrected chi connectivity index (χ1v) is 10.7. The zero-order valence-corrected chi connectivity index (χ0v) is 18.0. The lowest BCUT2D eigenvalue weighted by atomic mass is 10.2. The molecule has 3 rings (SSSR count). The number of aromatic nitrogens is 1. The molecule has 0 N–H and O–H groups in total. The smallest absolute Gasteiger partial charge is 0.252 e. The fraction of sp³-hybridized carbons (Fsp3) is 0.273. The second-order valence-corrected chi connectivity index (χ2v) is 7.90. The Kier molecular flexibility index (Phi) is 7.36. The van der Waals surface area contributed by atoms with Gasteiger partial charge in [-0.25, -0.2) is 9.37 Å². The fourth-order valence-corrected chi connectivity index (χ4v) is 4.17. The van der Waals surface area contributed by atoms with Crippen molar-refractivity contribution in [3.63, 3.8) is 0 Å². The second-order valence-electron chi connectivity index (χ2n) is 6.48. The lowest BCUT2D eigenvalue weighted by molar-refractivity contribution is -0.114. The summed E-state index contributed by atoms with van der Waals surface area (Å²) in [6, 6.07) is 11.8. The second kappa shape index (κ2) is 9.96. The van der Waals surface area contributed by atoms with Crippen molar-refractivity contribution in [3.05, 3.63) is 64.9 Å². The van der Waals surface area contributed by atoms with Gasteiger partial charge in [0.15, 0.2) is 5.13 Å². The number of fused-ring (bicyclic) bond motifs is 1. The molecule has 4 nitrogen and oxygen atoms in total. The number of hydrogen-bond acceptors (Lipinski definition) is 4. The van der Waals surface area contributed by atoms with Gasteiger partial charge in [-0.2, -0.15) is 0 Å². The van der Waals surface area contributed by atoms with Crippen LogP contribution in [0.2, 0.25) is 5.02 Å².